The number of amides is 1. The Balaban J connectivity index is 0.000000256. The molecule has 4 rings (SSSR count). The number of hydrogen-bond donors (Lipinski definition) is 2. The summed E-state index contributed by atoms with van der Waals surface area (Å²) in [6, 6.07) is 12.7. The summed E-state index contributed by atoms with van der Waals surface area (Å²) < 4.78 is 15.1. The summed E-state index contributed by atoms with van der Waals surface area (Å²) in [5.41, 5.74) is 11.2. The number of methoxy groups -OCH3 is 3. The number of nitrogens with one attached hydrogen (secondary N) is 1. The highest BCUT2D eigenvalue weighted by Crippen LogP contribution is 2.32. The van der Waals surface area contributed by atoms with Crippen molar-refractivity contribution in [3.8, 4) is 11.5 Å². The molecule has 2 aromatic rings. The molecule has 0 heterocycles. The quantitative estimate of drug-likeness (QED) is 0.304. The standard InChI is InChI=1S/C20H29NO4.C11H15NO/c1-24-16-12-13-17-15(14-16)8-7-9-18(17)21-19(22)10-5-3-4-6-11-20(23)25-2;1-13-9-5-6-10-8(7-9)3-2-4-11(10)12/h12-14,18H,3-11H2,1-2H3,(H,21,22);5-7,11H,2-4,12H2,1H3. The molecule has 2 aliphatic carbocycles. The van der Waals surface area contributed by atoms with Crippen LogP contribution in [0.2, 0.25) is 0 Å². The summed E-state index contributed by atoms with van der Waals surface area (Å²) in [5.74, 6) is 1.76. The van der Waals surface area contributed by atoms with Crippen LogP contribution in [0, 0.1) is 0 Å². The molecule has 2 aromatic carbocycles. The molecule has 38 heavy (non-hydrogen) atoms. The summed E-state index contributed by atoms with van der Waals surface area (Å²) in [5, 5.41) is 3.18. The first-order chi connectivity index (χ1) is 18.4. The Labute approximate surface area is 227 Å². The minimum absolute atomic E-state index is 0.112. The molecule has 7 nitrogen and oxygen atoms in total. The van der Waals surface area contributed by atoms with Gasteiger partial charge in [0.25, 0.3) is 0 Å². The smallest absolute Gasteiger partial charge is 0.305 e. The minimum Gasteiger partial charge on any atom is -0.497 e. The van der Waals surface area contributed by atoms with Gasteiger partial charge in [0, 0.05) is 18.9 Å². The van der Waals surface area contributed by atoms with Crippen molar-refractivity contribution in [2.45, 2.75) is 89.1 Å². The van der Waals surface area contributed by atoms with Gasteiger partial charge in [-0.25, -0.2) is 0 Å². The number of ether oxygens (including phenoxy) is 3. The van der Waals surface area contributed by atoms with E-state index in [0.29, 0.717) is 12.8 Å². The zero-order valence-corrected chi connectivity index (χ0v) is 23.2. The molecule has 0 aromatic heterocycles. The molecule has 1 amide bonds. The van der Waals surface area contributed by atoms with E-state index in [1.54, 1.807) is 14.2 Å². The van der Waals surface area contributed by atoms with E-state index in [1.807, 2.05) is 12.1 Å². The molecule has 7 heteroatoms. The van der Waals surface area contributed by atoms with Gasteiger partial charge in [-0.15, -0.1) is 0 Å². The van der Waals surface area contributed by atoms with Crippen molar-refractivity contribution in [2.75, 3.05) is 21.3 Å². The molecule has 0 bridgehead atoms. The second-order valence-corrected chi connectivity index (χ2v) is 10.1. The highest BCUT2D eigenvalue weighted by molar-refractivity contribution is 5.76. The van der Waals surface area contributed by atoms with Crippen LogP contribution in [0.15, 0.2) is 36.4 Å². The van der Waals surface area contributed by atoms with Crippen LogP contribution in [0.3, 0.4) is 0 Å². The van der Waals surface area contributed by atoms with Crippen LogP contribution in [0.4, 0.5) is 0 Å². The molecule has 0 aliphatic heterocycles. The van der Waals surface area contributed by atoms with Gasteiger partial charge in [0.1, 0.15) is 11.5 Å². The van der Waals surface area contributed by atoms with Gasteiger partial charge in [-0.3, -0.25) is 9.59 Å². The van der Waals surface area contributed by atoms with Gasteiger partial charge in [-0.05, 0) is 97.9 Å². The topological polar surface area (TPSA) is 99.9 Å². The number of carbonyl (C=O) groups is 2. The second kappa shape index (κ2) is 15.4. The van der Waals surface area contributed by atoms with Crippen LogP contribution in [0.5, 0.6) is 11.5 Å². The number of rotatable bonds is 10. The van der Waals surface area contributed by atoms with Gasteiger partial charge in [-0.2, -0.15) is 0 Å². The summed E-state index contributed by atoms with van der Waals surface area (Å²) >= 11 is 0. The predicted octanol–water partition coefficient (Wildman–Crippen LogP) is 5.73. The maximum atomic E-state index is 12.2. The SMILES string of the molecule is COC(=O)CCCCCCC(=O)NC1CCCc2cc(OC)ccc21.COc1ccc2c(c1)CCCC2N. The minimum atomic E-state index is -0.162. The van der Waals surface area contributed by atoms with Gasteiger partial charge in [0.15, 0.2) is 0 Å². The molecule has 0 spiro atoms. The van der Waals surface area contributed by atoms with E-state index in [1.165, 1.54) is 35.8 Å². The highest BCUT2D eigenvalue weighted by atomic mass is 16.5. The third-order valence-electron chi connectivity index (χ3n) is 7.47. The molecule has 0 saturated heterocycles. The number of carbonyl (C=O) groups excluding carboxylic acids is 2. The lowest BCUT2D eigenvalue weighted by atomic mass is 9.87. The van der Waals surface area contributed by atoms with Gasteiger partial charge in [0.05, 0.1) is 27.4 Å². The number of fused-ring (bicyclic) bond motifs is 2. The van der Waals surface area contributed by atoms with E-state index in [4.69, 9.17) is 15.2 Å². The van der Waals surface area contributed by atoms with E-state index in [0.717, 1.165) is 69.3 Å². The maximum absolute atomic E-state index is 12.2. The fourth-order valence-corrected chi connectivity index (χ4v) is 5.30. The average molecular weight is 525 g/mol. The van der Waals surface area contributed by atoms with Gasteiger partial charge < -0.3 is 25.3 Å². The first-order valence-corrected chi connectivity index (χ1v) is 13.9. The number of aryl methyl sites for hydroxylation is 2. The van der Waals surface area contributed by atoms with Gasteiger partial charge >= 0.3 is 5.97 Å². The van der Waals surface area contributed by atoms with Crippen molar-refractivity contribution in [1.29, 1.82) is 0 Å². The first-order valence-electron chi connectivity index (χ1n) is 13.9. The Morgan fingerprint density at radius 2 is 1.39 bits per heavy atom. The van der Waals surface area contributed by atoms with Gasteiger partial charge in [-0.1, -0.05) is 25.0 Å². The molecular formula is C31H44N2O5. The van der Waals surface area contributed by atoms with Crippen molar-refractivity contribution < 1.29 is 23.8 Å². The Morgan fingerprint density at radius 1 is 0.816 bits per heavy atom. The van der Waals surface area contributed by atoms with Crippen molar-refractivity contribution >= 4 is 11.9 Å². The Morgan fingerprint density at radius 3 is 2.03 bits per heavy atom. The fourth-order valence-electron chi connectivity index (χ4n) is 5.30. The molecule has 208 valence electrons. The highest BCUT2D eigenvalue weighted by Gasteiger charge is 2.22. The van der Waals surface area contributed by atoms with Crippen LogP contribution in [-0.4, -0.2) is 33.2 Å². The molecule has 0 radical (unpaired) electrons. The number of nitrogens with two attached hydrogens (primary N) is 1. The van der Waals surface area contributed by atoms with E-state index in [2.05, 4.69) is 34.3 Å². The van der Waals surface area contributed by atoms with Crippen LogP contribution in [-0.2, 0) is 27.2 Å². The van der Waals surface area contributed by atoms with E-state index < -0.39 is 0 Å². The number of hydrogen-bond acceptors (Lipinski definition) is 6. The monoisotopic (exact) mass is 524 g/mol. The largest absolute Gasteiger partial charge is 0.497 e. The lowest BCUT2D eigenvalue weighted by molar-refractivity contribution is -0.140. The lowest BCUT2D eigenvalue weighted by Crippen LogP contribution is -2.30. The summed E-state index contributed by atoms with van der Waals surface area (Å²) in [6.07, 6.45) is 11.2. The lowest BCUT2D eigenvalue weighted by Gasteiger charge is -2.27. The summed E-state index contributed by atoms with van der Waals surface area (Å²) in [6.45, 7) is 0. The molecule has 2 atom stereocenters. The van der Waals surface area contributed by atoms with Crippen molar-refractivity contribution in [3.05, 3.63) is 58.7 Å². The molecule has 0 saturated carbocycles. The summed E-state index contributed by atoms with van der Waals surface area (Å²) in [4.78, 5) is 23.2. The molecule has 2 unspecified atom stereocenters. The van der Waals surface area contributed by atoms with Crippen LogP contribution in [0.1, 0.15) is 98.5 Å². The second-order valence-electron chi connectivity index (χ2n) is 10.1. The summed E-state index contributed by atoms with van der Waals surface area (Å²) in [7, 11) is 4.78. The number of unbranched alkanes of at least 4 members (excludes halogenated alkanes) is 3. The van der Waals surface area contributed by atoms with Crippen molar-refractivity contribution in [1.82, 2.24) is 5.32 Å². The average Bonchev–Trinajstić information content (AvgIpc) is 2.94. The van der Waals surface area contributed by atoms with Crippen molar-refractivity contribution in [2.24, 2.45) is 5.73 Å². The maximum Gasteiger partial charge on any atom is 0.305 e. The van der Waals surface area contributed by atoms with Gasteiger partial charge in [0.2, 0.25) is 5.91 Å². The third kappa shape index (κ3) is 8.76. The third-order valence-corrected chi connectivity index (χ3v) is 7.47. The van der Waals surface area contributed by atoms with Crippen LogP contribution in [0.25, 0.3) is 0 Å². The Bertz CT molecular complexity index is 1050. The first kappa shape index (κ1) is 29.5. The predicted molar refractivity (Wildman–Crippen MR) is 149 cm³/mol. The van der Waals surface area contributed by atoms with Crippen molar-refractivity contribution in [3.63, 3.8) is 0 Å². The molecular weight excluding hydrogens is 480 g/mol. The molecule has 3 N–H and O–H groups in total. The molecule has 2 aliphatic rings. The Hall–Kier alpha value is -3.06. The molecule has 0 fully saturated rings. The number of esters is 1. The zero-order chi connectivity index (χ0) is 27.3. The number of benzene rings is 2. The van der Waals surface area contributed by atoms with E-state index >= 15 is 0 Å². The Kier molecular flexibility index (Phi) is 11.9. The van der Waals surface area contributed by atoms with E-state index in [-0.39, 0.29) is 24.0 Å². The normalized spacial score (nSPS) is 17.7. The van der Waals surface area contributed by atoms with E-state index in [9.17, 15) is 9.59 Å². The van der Waals surface area contributed by atoms with Crippen LogP contribution < -0.4 is 20.5 Å². The van der Waals surface area contributed by atoms with Crippen LogP contribution >= 0.6 is 0 Å². The zero-order valence-electron chi connectivity index (χ0n) is 23.2. The fraction of sp³-hybridized carbons (Fsp3) is 0.548.